The number of hydrogen-bond donors (Lipinski definition) is 0. The van der Waals surface area contributed by atoms with E-state index in [0.29, 0.717) is 13.2 Å². The standard InChI is InChI=1S/C15H27BO3Si/c1-20(2,3)19-15(9-5-4-6-10-15)11-7-8-12-16-17-13-14-18-16/h7-8,11-12H,4-6,9-10,13-14H2,1-3H3/b11-7+,12-8+. The Bertz CT molecular complexity index is 351. The van der Waals surface area contributed by atoms with Crippen molar-refractivity contribution < 1.29 is 13.7 Å². The maximum atomic E-state index is 6.49. The molecule has 2 fully saturated rings. The van der Waals surface area contributed by atoms with Gasteiger partial charge in [0.05, 0.1) is 18.8 Å². The van der Waals surface area contributed by atoms with E-state index in [2.05, 4.69) is 31.8 Å². The number of allylic oxidation sites excluding steroid dienone is 2. The van der Waals surface area contributed by atoms with Crippen LogP contribution in [0.4, 0.5) is 0 Å². The largest absolute Gasteiger partial charge is 0.486 e. The summed E-state index contributed by atoms with van der Waals surface area (Å²) >= 11 is 0. The van der Waals surface area contributed by atoms with Crippen molar-refractivity contribution in [3.63, 3.8) is 0 Å². The molecule has 0 aromatic heterocycles. The molecule has 0 N–H and O–H groups in total. The highest BCUT2D eigenvalue weighted by molar-refractivity contribution is 6.69. The summed E-state index contributed by atoms with van der Waals surface area (Å²) in [5.74, 6) is 1.97. The Balaban J connectivity index is 1.95. The van der Waals surface area contributed by atoms with Crippen molar-refractivity contribution in [3.8, 4) is 0 Å². The molecule has 0 radical (unpaired) electrons. The molecule has 1 saturated carbocycles. The Morgan fingerprint density at radius 1 is 1.00 bits per heavy atom. The number of rotatable bonds is 5. The van der Waals surface area contributed by atoms with Crippen LogP contribution in [0.25, 0.3) is 0 Å². The van der Waals surface area contributed by atoms with Crippen molar-refractivity contribution in [2.24, 2.45) is 0 Å². The van der Waals surface area contributed by atoms with E-state index in [4.69, 9.17) is 13.7 Å². The number of hydrogen-bond acceptors (Lipinski definition) is 3. The van der Waals surface area contributed by atoms with Crippen molar-refractivity contribution in [2.75, 3.05) is 13.2 Å². The van der Waals surface area contributed by atoms with Gasteiger partial charge in [0.2, 0.25) is 0 Å². The van der Waals surface area contributed by atoms with Gasteiger partial charge in [0.1, 0.15) is 0 Å². The zero-order valence-corrected chi connectivity index (χ0v) is 14.1. The summed E-state index contributed by atoms with van der Waals surface area (Å²) in [5.41, 5.74) is -0.0372. The molecule has 0 atom stereocenters. The normalized spacial score (nSPS) is 24.1. The molecule has 0 amide bonds. The van der Waals surface area contributed by atoms with Gasteiger partial charge in [-0.25, -0.2) is 0 Å². The third kappa shape index (κ3) is 5.20. The minimum Gasteiger partial charge on any atom is -0.409 e. The first-order valence-corrected chi connectivity index (χ1v) is 11.2. The van der Waals surface area contributed by atoms with Gasteiger partial charge in [-0.2, -0.15) is 0 Å². The Hall–Kier alpha value is -0.358. The molecule has 1 aliphatic carbocycles. The lowest BCUT2D eigenvalue weighted by Gasteiger charge is -2.40. The van der Waals surface area contributed by atoms with Crippen LogP contribution in [0.3, 0.4) is 0 Å². The maximum Gasteiger partial charge on any atom is 0.486 e. The fourth-order valence-electron chi connectivity index (χ4n) is 2.94. The highest BCUT2D eigenvalue weighted by Crippen LogP contribution is 2.35. The minimum absolute atomic E-state index is 0.0372. The van der Waals surface area contributed by atoms with Crippen molar-refractivity contribution in [2.45, 2.75) is 57.3 Å². The van der Waals surface area contributed by atoms with E-state index in [1.165, 1.54) is 19.3 Å². The van der Waals surface area contributed by atoms with Crippen LogP contribution in [-0.2, 0) is 13.7 Å². The summed E-state index contributed by atoms with van der Waals surface area (Å²) in [7, 11) is -1.69. The molecule has 0 spiro atoms. The molecule has 1 saturated heterocycles. The monoisotopic (exact) mass is 294 g/mol. The average molecular weight is 294 g/mol. The Morgan fingerprint density at radius 2 is 1.65 bits per heavy atom. The van der Waals surface area contributed by atoms with E-state index in [-0.39, 0.29) is 12.7 Å². The van der Waals surface area contributed by atoms with Crippen LogP contribution < -0.4 is 0 Å². The van der Waals surface area contributed by atoms with Gasteiger partial charge in [0.15, 0.2) is 8.32 Å². The molecule has 20 heavy (non-hydrogen) atoms. The zero-order chi connectivity index (χ0) is 14.5. The van der Waals surface area contributed by atoms with Gasteiger partial charge in [0.25, 0.3) is 0 Å². The summed E-state index contributed by atoms with van der Waals surface area (Å²) in [6.45, 7) is 8.20. The van der Waals surface area contributed by atoms with Gasteiger partial charge in [-0.1, -0.05) is 43.5 Å². The third-order valence-electron chi connectivity index (χ3n) is 3.64. The molecular weight excluding hydrogens is 267 g/mol. The second kappa shape index (κ2) is 7.07. The molecule has 0 aromatic rings. The van der Waals surface area contributed by atoms with Gasteiger partial charge < -0.3 is 13.7 Å². The summed E-state index contributed by atoms with van der Waals surface area (Å²) in [4.78, 5) is 0. The van der Waals surface area contributed by atoms with E-state index < -0.39 is 8.32 Å². The van der Waals surface area contributed by atoms with Gasteiger partial charge in [-0.05, 0) is 32.5 Å². The lowest BCUT2D eigenvalue weighted by Crippen LogP contribution is -2.42. The summed E-state index contributed by atoms with van der Waals surface area (Å²) < 4.78 is 17.3. The van der Waals surface area contributed by atoms with Crippen molar-refractivity contribution >= 4 is 15.4 Å². The maximum absolute atomic E-state index is 6.49. The first-order chi connectivity index (χ1) is 9.49. The molecule has 0 unspecified atom stereocenters. The van der Waals surface area contributed by atoms with Crippen LogP contribution in [0.15, 0.2) is 24.2 Å². The average Bonchev–Trinajstić information content (AvgIpc) is 2.87. The lowest BCUT2D eigenvalue weighted by atomic mass is 9.84. The van der Waals surface area contributed by atoms with Crippen molar-refractivity contribution in [1.29, 1.82) is 0 Å². The summed E-state index contributed by atoms with van der Waals surface area (Å²) in [6.07, 6.45) is 12.6. The molecule has 2 rings (SSSR count). The van der Waals surface area contributed by atoms with E-state index in [9.17, 15) is 0 Å². The zero-order valence-electron chi connectivity index (χ0n) is 13.1. The molecule has 1 heterocycles. The Kier molecular flexibility index (Phi) is 5.67. The molecule has 5 heteroatoms. The van der Waals surface area contributed by atoms with E-state index in [1.807, 2.05) is 12.1 Å². The van der Waals surface area contributed by atoms with Crippen LogP contribution in [0, 0.1) is 0 Å². The first-order valence-electron chi connectivity index (χ1n) is 7.79. The van der Waals surface area contributed by atoms with Gasteiger partial charge in [-0.3, -0.25) is 0 Å². The Morgan fingerprint density at radius 3 is 2.25 bits per heavy atom. The molecule has 112 valence electrons. The molecule has 3 nitrogen and oxygen atoms in total. The van der Waals surface area contributed by atoms with E-state index in [1.54, 1.807) is 0 Å². The topological polar surface area (TPSA) is 27.7 Å². The SMILES string of the molecule is C[Si](C)(C)OC1(/C=C/C=C/B2OCCO2)CCCCC1. The molecule has 2 aliphatic rings. The molecule has 1 aliphatic heterocycles. The van der Waals surface area contributed by atoms with Crippen molar-refractivity contribution in [3.05, 3.63) is 24.2 Å². The van der Waals surface area contributed by atoms with Crippen LogP contribution >= 0.6 is 0 Å². The fraction of sp³-hybridized carbons (Fsp3) is 0.733. The van der Waals surface area contributed by atoms with E-state index >= 15 is 0 Å². The highest BCUT2D eigenvalue weighted by atomic mass is 28.4. The van der Waals surface area contributed by atoms with Gasteiger partial charge >= 0.3 is 7.12 Å². The summed E-state index contributed by atoms with van der Waals surface area (Å²) in [6, 6.07) is 0. The van der Waals surface area contributed by atoms with Crippen LogP contribution in [-0.4, -0.2) is 34.3 Å². The highest BCUT2D eigenvalue weighted by Gasteiger charge is 2.34. The van der Waals surface area contributed by atoms with Crippen LogP contribution in [0.2, 0.25) is 19.6 Å². The first kappa shape index (κ1) is 16.0. The summed E-state index contributed by atoms with van der Waals surface area (Å²) in [5, 5.41) is 0. The van der Waals surface area contributed by atoms with Gasteiger partial charge in [-0.15, -0.1) is 0 Å². The van der Waals surface area contributed by atoms with Gasteiger partial charge in [0, 0.05) is 0 Å². The molecular formula is C15H27BO3Si. The van der Waals surface area contributed by atoms with Crippen LogP contribution in [0.1, 0.15) is 32.1 Å². The minimum atomic E-state index is -1.53. The van der Waals surface area contributed by atoms with Crippen LogP contribution in [0.5, 0.6) is 0 Å². The third-order valence-corrected chi connectivity index (χ3v) is 4.66. The predicted molar refractivity (Wildman–Crippen MR) is 86.2 cm³/mol. The smallest absolute Gasteiger partial charge is 0.409 e. The second-order valence-electron chi connectivity index (χ2n) is 6.69. The Labute approximate surface area is 124 Å². The van der Waals surface area contributed by atoms with E-state index in [0.717, 1.165) is 12.8 Å². The predicted octanol–water partition coefficient (Wildman–Crippen LogP) is 3.73. The van der Waals surface area contributed by atoms with Crippen molar-refractivity contribution in [1.82, 2.24) is 0 Å². The second-order valence-corrected chi connectivity index (χ2v) is 11.1. The molecule has 0 aromatic carbocycles. The lowest BCUT2D eigenvalue weighted by molar-refractivity contribution is 0.0700. The quantitative estimate of drug-likeness (QED) is 0.571. The fourth-order valence-corrected chi connectivity index (χ4v) is 4.43. The molecule has 0 bridgehead atoms.